The summed E-state index contributed by atoms with van der Waals surface area (Å²) in [7, 11) is 0. The second kappa shape index (κ2) is 6.55. The Hall–Kier alpha value is -1.58. The zero-order valence-corrected chi connectivity index (χ0v) is 10.5. The molecule has 0 aliphatic rings. The van der Waals surface area contributed by atoms with Gasteiger partial charge in [0.25, 0.3) is 0 Å². The molecule has 1 atom stereocenters. The average Bonchev–Trinajstić information content (AvgIpc) is 2.50. The Morgan fingerprint density at radius 3 is 2.84 bits per heavy atom. The van der Waals surface area contributed by atoms with Crippen LogP contribution in [0.25, 0.3) is 10.8 Å². The van der Waals surface area contributed by atoms with Crippen molar-refractivity contribution in [1.29, 1.82) is 0 Å². The van der Waals surface area contributed by atoms with E-state index in [0.29, 0.717) is 5.75 Å². The molecule has 2 rings (SSSR count). The van der Waals surface area contributed by atoms with E-state index in [1.807, 2.05) is 36.4 Å². The molecule has 19 heavy (non-hydrogen) atoms. The van der Waals surface area contributed by atoms with E-state index in [9.17, 15) is 5.11 Å². The Bertz CT molecular complexity index is 682. The van der Waals surface area contributed by atoms with E-state index >= 15 is 0 Å². The number of fused-ring (bicyclic) bond motifs is 1. The van der Waals surface area contributed by atoms with E-state index in [2.05, 4.69) is 5.32 Å². The third kappa shape index (κ3) is 3.94. The van der Waals surface area contributed by atoms with Crippen molar-refractivity contribution in [3.63, 3.8) is 0 Å². The van der Waals surface area contributed by atoms with Crippen LogP contribution in [-0.2, 0) is 0 Å². The minimum absolute atomic E-state index is 0.0876. The molecule has 0 amide bonds. The van der Waals surface area contributed by atoms with Gasteiger partial charge in [-0.05, 0) is 11.5 Å². The standard InChI is InChI=1S/C16H21NO2/c1-12(2)17-10-14(18)11-19-16-9-5-7-13-6-3-4-8-15(13)16/h3-9,12,14,17-18H,10-11H2,1-2H3/i1D3,2D3. The molecule has 0 fully saturated rings. The molecular weight excluding hydrogens is 238 g/mol. The first-order valence-corrected chi connectivity index (χ1v) is 6.11. The summed E-state index contributed by atoms with van der Waals surface area (Å²) in [5, 5.41) is 14.3. The summed E-state index contributed by atoms with van der Waals surface area (Å²) in [5.74, 6) is 0.598. The summed E-state index contributed by atoms with van der Waals surface area (Å²) in [5.41, 5.74) is 0. The van der Waals surface area contributed by atoms with Crippen LogP contribution in [-0.4, -0.2) is 30.4 Å². The fourth-order valence-corrected chi connectivity index (χ4v) is 1.82. The molecule has 0 aliphatic heterocycles. The van der Waals surface area contributed by atoms with Gasteiger partial charge in [-0.25, -0.2) is 0 Å². The van der Waals surface area contributed by atoms with Crippen LogP contribution in [0.4, 0.5) is 0 Å². The predicted molar refractivity (Wildman–Crippen MR) is 78.6 cm³/mol. The molecule has 2 N–H and O–H groups in total. The number of hydrogen-bond acceptors (Lipinski definition) is 3. The minimum atomic E-state index is -2.69. The van der Waals surface area contributed by atoms with Crippen molar-refractivity contribution in [3.8, 4) is 5.75 Å². The van der Waals surface area contributed by atoms with Crippen LogP contribution in [0.3, 0.4) is 0 Å². The Morgan fingerprint density at radius 1 is 1.21 bits per heavy atom. The fraction of sp³-hybridized carbons (Fsp3) is 0.375. The van der Waals surface area contributed by atoms with E-state index < -0.39 is 25.8 Å². The van der Waals surface area contributed by atoms with Crippen molar-refractivity contribution >= 4 is 10.8 Å². The maximum absolute atomic E-state index is 10.0. The summed E-state index contributed by atoms with van der Waals surface area (Å²) in [6.07, 6.45) is -1.05. The van der Waals surface area contributed by atoms with E-state index in [-0.39, 0.29) is 13.2 Å². The van der Waals surface area contributed by atoms with Crippen molar-refractivity contribution in [3.05, 3.63) is 42.5 Å². The van der Waals surface area contributed by atoms with Gasteiger partial charge in [-0.1, -0.05) is 50.1 Å². The zero-order valence-electron chi connectivity index (χ0n) is 16.5. The number of benzene rings is 2. The lowest BCUT2D eigenvalue weighted by molar-refractivity contribution is 0.105. The van der Waals surface area contributed by atoms with Crippen LogP contribution < -0.4 is 10.1 Å². The lowest BCUT2D eigenvalue weighted by Gasteiger charge is -2.15. The van der Waals surface area contributed by atoms with Gasteiger partial charge in [0.1, 0.15) is 18.5 Å². The third-order valence-electron chi connectivity index (χ3n) is 2.74. The van der Waals surface area contributed by atoms with E-state index in [0.717, 1.165) is 10.8 Å². The van der Waals surface area contributed by atoms with Crippen molar-refractivity contribution < 1.29 is 18.1 Å². The van der Waals surface area contributed by atoms with Gasteiger partial charge < -0.3 is 15.2 Å². The van der Waals surface area contributed by atoms with E-state index in [1.165, 1.54) is 0 Å². The van der Waals surface area contributed by atoms with Crippen molar-refractivity contribution in [2.45, 2.75) is 25.8 Å². The number of hydrogen-bond donors (Lipinski definition) is 2. The summed E-state index contributed by atoms with van der Waals surface area (Å²) >= 11 is 0. The maximum atomic E-state index is 10.0. The molecule has 2 aromatic carbocycles. The van der Waals surface area contributed by atoms with Gasteiger partial charge in [-0.2, -0.15) is 0 Å². The molecule has 0 heterocycles. The Labute approximate surface area is 122 Å². The highest BCUT2D eigenvalue weighted by Gasteiger charge is 2.07. The lowest BCUT2D eigenvalue weighted by Crippen LogP contribution is -2.35. The number of nitrogens with one attached hydrogen (secondary N) is 1. The highest BCUT2D eigenvalue weighted by Crippen LogP contribution is 2.25. The molecule has 0 aliphatic carbocycles. The number of rotatable bonds is 6. The molecule has 0 saturated carbocycles. The molecule has 1 unspecified atom stereocenters. The molecule has 0 radical (unpaired) electrons. The predicted octanol–water partition coefficient (Wildman–Crippen LogP) is 2.58. The lowest BCUT2D eigenvalue weighted by atomic mass is 10.1. The fourth-order valence-electron chi connectivity index (χ4n) is 1.82. The third-order valence-corrected chi connectivity index (χ3v) is 2.74. The molecule has 102 valence electrons. The minimum Gasteiger partial charge on any atom is -0.490 e. The summed E-state index contributed by atoms with van der Waals surface area (Å²) in [6, 6.07) is 11.5. The summed E-state index contributed by atoms with van der Waals surface area (Å²) in [6.45, 7) is -5.68. The monoisotopic (exact) mass is 265 g/mol. The van der Waals surface area contributed by atoms with Crippen LogP contribution in [0.15, 0.2) is 42.5 Å². The first-order valence-electron chi connectivity index (χ1n) is 9.11. The zero-order chi connectivity index (χ0) is 18.7. The largest absolute Gasteiger partial charge is 0.490 e. The number of aliphatic hydroxyl groups is 1. The van der Waals surface area contributed by atoms with E-state index in [4.69, 9.17) is 13.0 Å². The SMILES string of the molecule is [2H]C([2H])([2H])C(NCC(O)COc1cccc2ccccc12)C([2H])([2H])[2H]. The number of aliphatic hydroxyl groups excluding tert-OH is 1. The van der Waals surface area contributed by atoms with Crippen LogP contribution in [0.2, 0.25) is 0 Å². The molecule has 0 aromatic heterocycles. The molecule has 0 spiro atoms. The van der Waals surface area contributed by atoms with Crippen LogP contribution >= 0.6 is 0 Å². The number of ether oxygens (including phenoxy) is 1. The molecule has 0 bridgehead atoms. The molecule has 3 heteroatoms. The molecule has 2 aromatic rings. The van der Waals surface area contributed by atoms with Crippen molar-refractivity contribution in [2.24, 2.45) is 0 Å². The second-order valence-electron chi connectivity index (χ2n) is 4.28. The average molecular weight is 265 g/mol. The molecular formula is C16H21NO2. The van der Waals surface area contributed by atoms with Crippen molar-refractivity contribution in [2.75, 3.05) is 13.2 Å². The summed E-state index contributed by atoms with van der Waals surface area (Å²) in [4.78, 5) is 0. The van der Waals surface area contributed by atoms with Crippen LogP contribution in [0.5, 0.6) is 5.75 Å². The van der Waals surface area contributed by atoms with Gasteiger partial charge in [0.05, 0.1) is 0 Å². The second-order valence-corrected chi connectivity index (χ2v) is 4.28. The van der Waals surface area contributed by atoms with E-state index in [1.54, 1.807) is 6.07 Å². The van der Waals surface area contributed by atoms with Gasteiger partial charge in [0.2, 0.25) is 0 Å². The normalized spacial score (nSPS) is 18.8. The topological polar surface area (TPSA) is 41.5 Å². The van der Waals surface area contributed by atoms with Gasteiger partial charge in [-0.15, -0.1) is 0 Å². The van der Waals surface area contributed by atoms with Gasteiger partial charge in [0.15, 0.2) is 0 Å². The highest BCUT2D eigenvalue weighted by atomic mass is 16.5. The highest BCUT2D eigenvalue weighted by molar-refractivity contribution is 5.88. The van der Waals surface area contributed by atoms with Crippen molar-refractivity contribution in [1.82, 2.24) is 5.32 Å². The quantitative estimate of drug-likeness (QED) is 0.843. The van der Waals surface area contributed by atoms with Gasteiger partial charge in [-0.3, -0.25) is 0 Å². The van der Waals surface area contributed by atoms with Crippen LogP contribution in [0.1, 0.15) is 21.9 Å². The Balaban J connectivity index is 1.95. The smallest absolute Gasteiger partial charge is 0.127 e. The first-order chi connectivity index (χ1) is 11.6. The molecule has 0 saturated heterocycles. The molecule has 3 nitrogen and oxygen atoms in total. The maximum Gasteiger partial charge on any atom is 0.127 e. The first kappa shape index (κ1) is 7.88. The summed E-state index contributed by atoms with van der Waals surface area (Å²) < 4.78 is 49.5. The Kier molecular flexibility index (Phi) is 2.71. The van der Waals surface area contributed by atoms with Crippen LogP contribution in [0, 0.1) is 0 Å². The Morgan fingerprint density at radius 2 is 2.00 bits per heavy atom. The van der Waals surface area contributed by atoms with Gasteiger partial charge in [0, 0.05) is 26.2 Å². The van der Waals surface area contributed by atoms with Gasteiger partial charge >= 0.3 is 0 Å².